The van der Waals surface area contributed by atoms with E-state index in [1.807, 2.05) is 22.9 Å². The maximum absolute atomic E-state index is 4.61. The molecule has 2 aromatic rings. The topological polar surface area (TPSA) is 29.9 Å². The molecule has 1 aliphatic heterocycles. The van der Waals surface area contributed by atoms with Crippen molar-refractivity contribution in [2.45, 2.75) is 13.0 Å². The molecular weight excluding hydrogens is 266 g/mol. The minimum Gasteiger partial charge on any atom is -0.370 e. The van der Waals surface area contributed by atoms with Gasteiger partial charge in [-0.3, -0.25) is 0 Å². The second-order valence-electron chi connectivity index (χ2n) is 3.90. The van der Waals surface area contributed by atoms with Crippen LogP contribution in [0.4, 0.5) is 5.82 Å². The highest BCUT2D eigenvalue weighted by Crippen LogP contribution is 2.29. The number of aryl methyl sites for hydroxylation is 1. The van der Waals surface area contributed by atoms with Crippen LogP contribution in [-0.4, -0.2) is 16.3 Å². The van der Waals surface area contributed by atoms with Crippen molar-refractivity contribution in [1.82, 2.24) is 9.78 Å². The highest BCUT2D eigenvalue weighted by Gasteiger charge is 2.13. The number of anilines is 1. The predicted molar refractivity (Wildman–Crippen MR) is 68.5 cm³/mol. The summed E-state index contributed by atoms with van der Waals surface area (Å²) in [6, 6.07) is 10.3. The molecule has 0 radical (unpaired) electrons. The van der Waals surface area contributed by atoms with Gasteiger partial charge < -0.3 is 5.32 Å². The zero-order valence-electron chi connectivity index (χ0n) is 8.78. The Hall–Kier alpha value is -1.29. The van der Waals surface area contributed by atoms with E-state index in [0.717, 1.165) is 41.1 Å². The van der Waals surface area contributed by atoms with Gasteiger partial charge in [0.2, 0.25) is 0 Å². The Morgan fingerprint density at radius 3 is 3.00 bits per heavy atom. The van der Waals surface area contributed by atoms with Gasteiger partial charge in [-0.15, -0.1) is 0 Å². The normalized spacial score (nSPS) is 14.3. The van der Waals surface area contributed by atoms with Gasteiger partial charge in [0.05, 0.1) is 5.69 Å². The Labute approximate surface area is 103 Å². The third-order valence-corrected chi connectivity index (χ3v) is 3.47. The smallest absolute Gasteiger partial charge is 0.124 e. The average Bonchev–Trinajstić information content (AvgIpc) is 2.73. The fraction of sp³-hybridized carbons (Fsp3) is 0.250. The number of hydrogen-bond donors (Lipinski definition) is 1. The summed E-state index contributed by atoms with van der Waals surface area (Å²) in [5, 5.41) is 7.96. The van der Waals surface area contributed by atoms with Crippen molar-refractivity contribution in [3.05, 3.63) is 34.8 Å². The van der Waals surface area contributed by atoms with Crippen LogP contribution in [0.15, 0.2) is 34.8 Å². The van der Waals surface area contributed by atoms with Crippen LogP contribution in [0.1, 0.15) is 6.42 Å². The van der Waals surface area contributed by atoms with E-state index in [1.54, 1.807) is 0 Å². The molecule has 0 unspecified atom stereocenters. The van der Waals surface area contributed by atoms with Crippen LogP contribution in [0.5, 0.6) is 0 Å². The summed E-state index contributed by atoms with van der Waals surface area (Å²) in [7, 11) is 0. The lowest BCUT2D eigenvalue weighted by Crippen LogP contribution is -2.17. The molecule has 82 valence electrons. The van der Waals surface area contributed by atoms with Crippen LogP contribution in [-0.2, 0) is 6.54 Å². The molecule has 2 heterocycles. The molecule has 0 saturated carbocycles. The quantitative estimate of drug-likeness (QED) is 0.868. The van der Waals surface area contributed by atoms with Crippen molar-refractivity contribution in [2.75, 3.05) is 11.9 Å². The van der Waals surface area contributed by atoms with Gasteiger partial charge in [-0.2, -0.15) is 5.10 Å². The number of nitrogens with one attached hydrogen (secondary N) is 1. The van der Waals surface area contributed by atoms with Gasteiger partial charge >= 0.3 is 0 Å². The molecule has 1 aliphatic rings. The van der Waals surface area contributed by atoms with Crippen LogP contribution >= 0.6 is 15.9 Å². The molecule has 3 nitrogen and oxygen atoms in total. The summed E-state index contributed by atoms with van der Waals surface area (Å²) in [4.78, 5) is 0. The summed E-state index contributed by atoms with van der Waals surface area (Å²) >= 11 is 3.56. The SMILES string of the molecule is Brc1ccccc1-c1cc2n(n1)CCCN2. The maximum Gasteiger partial charge on any atom is 0.124 e. The largest absolute Gasteiger partial charge is 0.370 e. The summed E-state index contributed by atoms with van der Waals surface area (Å²) in [5.74, 6) is 1.12. The van der Waals surface area contributed by atoms with Crippen LogP contribution in [0, 0.1) is 0 Å². The molecule has 1 N–H and O–H groups in total. The number of halogens is 1. The lowest BCUT2D eigenvalue weighted by atomic mass is 10.1. The fourth-order valence-electron chi connectivity index (χ4n) is 1.98. The molecular formula is C12H12BrN3. The molecule has 0 saturated heterocycles. The molecule has 0 aliphatic carbocycles. The minimum atomic E-state index is 1.01. The monoisotopic (exact) mass is 277 g/mol. The van der Waals surface area contributed by atoms with Crippen molar-refractivity contribution >= 4 is 21.7 Å². The van der Waals surface area contributed by atoms with Gasteiger partial charge in [-0.25, -0.2) is 4.68 Å². The molecule has 16 heavy (non-hydrogen) atoms. The van der Waals surface area contributed by atoms with Crippen molar-refractivity contribution in [3.8, 4) is 11.3 Å². The van der Waals surface area contributed by atoms with Crippen molar-refractivity contribution in [1.29, 1.82) is 0 Å². The predicted octanol–water partition coefficient (Wildman–Crippen LogP) is 3.13. The van der Waals surface area contributed by atoms with E-state index in [9.17, 15) is 0 Å². The zero-order chi connectivity index (χ0) is 11.0. The van der Waals surface area contributed by atoms with Crippen molar-refractivity contribution in [3.63, 3.8) is 0 Å². The zero-order valence-corrected chi connectivity index (χ0v) is 10.4. The highest BCUT2D eigenvalue weighted by molar-refractivity contribution is 9.10. The first-order valence-corrected chi connectivity index (χ1v) is 6.20. The Morgan fingerprint density at radius 2 is 2.19 bits per heavy atom. The third kappa shape index (κ3) is 1.63. The molecule has 1 aromatic heterocycles. The van der Waals surface area contributed by atoms with Gasteiger partial charge in [0.15, 0.2) is 0 Å². The molecule has 0 bridgehead atoms. The molecule has 1 aromatic carbocycles. The van der Waals surface area contributed by atoms with Crippen molar-refractivity contribution < 1.29 is 0 Å². The van der Waals surface area contributed by atoms with Gasteiger partial charge in [0.1, 0.15) is 5.82 Å². The Kier molecular flexibility index (Phi) is 2.44. The fourth-order valence-corrected chi connectivity index (χ4v) is 2.46. The average molecular weight is 278 g/mol. The summed E-state index contributed by atoms with van der Waals surface area (Å²) < 4.78 is 3.13. The number of aromatic nitrogens is 2. The van der Waals surface area contributed by atoms with E-state index in [2.05, 4.69) is 38.5 Å². The molecule has 0 atom stereocenters. The standard InChI is InChI=1S/C12H12BrN3/c13-10-5-2-1-4-9(10)11-8-12-14-6-3-7-16(12)15-11/h1-2,4-5,8,14H,3,6-7H2. The summed E-state index contributed by atoms with van der Waals surface area (Å²) in [6.07, 6.45) is 1.14. The van der Waals surface area contributed by atoms with E-state index in [-0.39, 0.29) is 0 Å². The van der Waals surface area contributed by atoms with Crippen LogP contribution in [0.25, 0.3) is 11.3 Å². The van der Waals surface area contributed by atoms with E-state index in [4.69, 9.17) is 0 Å². The minimum absolute atomic E-state index is 1.01. The van der Waals surface area contributed by atoms with E-state index in [0.29, 0.717) is 0 Å². The number of fused-ring (bicyclic) bond motifs is 1. The summed E-state index contributed by atoms with van der Waals surface area (Å²) in [6.45, 7) is 2.05. The first kappa shape index (κ1) is 9.90. The van der Waals surface area contributed by atoms with Gasteiger partial charge in [0.25, 0.3) is 0 Å². The lowest BCUT2D eigenvalue weighted by Gasteiger charge is -2.14. The second-order valence-corrected chi connectivity index (χ2v) is 4.75. The van der Waals surface area contributed by atoms with Crippen LogP contribution in [0.2, 0.25) is 0 Å². The molecule has 0 spiro atoms. The van der Waals surface area contributed by atoms with E-state index < -0.39 is 0 Å². The van der Waals surface area contributed by atoms with Gasteiger partial charge in [-0.1, -0.05) is 34.1 Å². The van der Waals surface area contributed by atoms with E-state index in [1.165, 1.54) is 0 Å². The van der Waals surface area contributed by atoms with Crippen LogP contribution in [0.3, 0.4) is 0 Å². The lowest BCUT2D eigenvalue weighted by molar-refractivity contribution is 0.569. The molecule has 3 rings (SSSR count). The van der Waals surface area contributed by atoms with E-state index >= 15 is 0 Å². The Morgan fingerprint density at radius 1 is 1.31 bits per heavy atom. The molecule has 4 heteroatoms. The van der Waals surface area contributed by atoms with Gasteiger partial charge in [-0.05, 0) is 12.5 Å². The second kappa shape index (κ2) is 3.94. The first-order chi connectivity index (χ1) is 7.84. The highest BCUT2D eigenvalue weighted by atomic mass is 79.9. The Bertz CT molecular complexity index is 495. The number of hydrogen-bond acceptors (Lipinski definition) is 2. The molecule has 0 amide bonds. The number of nitrogens with zero attached hydrogens (tertiary/aromatic N) is 2. The first-order valence-electron chi connectivity index (χ1n) is 5.41. The van der Waals surface area contributed by atoms with Crippen molar-refractivity contribution in [2.24, 2.45) is 0 Å². The number of rotatable bonds is 1. The third-order valence-electron chi connectivity index (χ3n) is 2.78. The van der Waals surface area contributed by atoms with Crippen LogP contribution < -0.4 is 5.32 Å². The summed E-state index contributed by atoms with van der Waals surface area (Å²) in [5.41, 5.74) is 2.17. The Balaban J connectivity index is 2.07. The molecule has 0 fully saturated rings. The number of benzene rings is 1. The maximum atomic E-state index is 4.61. The van der Waals surface area contributed by atoms with Gasteiger partial charge in [0, 0.05) is 29.2 Å².